The maximum absolute atomic E-state index is 13.7. The van der Waals surface area contributed by atoms with Crippen molar-refractivity contribution in [2.75, 3.05) is 22.9 Å². The Kier molecular flexibility index (Phi) is 11.6. The molecule has 0 fully saturated rings. The second kappa shape index (κ2) is 14.5. The molecule has 2 aromatic carbocycles. The highest BCUT2D eigenvalue weighted by molar-refractivity contribution is 5.85. The highest BCUT2D eigenvalue weighted by atomic mass is 35.5. The molecule has 0 aliphatic heterocycles. The van der Waals surface area contributed by atoms with Crippen molar-refractivity contribution in [2.45, 2.75) is 84.7 Å². The fraction of sp³-hybridized carbons (Fsp3) is 0.548. The number of halogens is 7. The molecule has 0 unspecified atom stereocenters. The molecular formula is C31H39ClF6N6O2. The first kappa shape index (κ1) is 36.9. The van der Waals surface area contributed by atoms with Gasteiger partial charge in [0.25, 0.3) is 5.95 Å². The van der Waals surface area contributed by atoms with Gasteiger partial charge in [-0.3, -0.25) is 4.79 Å². The predicted octanol–water partition coefficient (Wildman–Crippen LogP) is 7.47. The Bertz CT molecular complexity index is 1480. The number of alkyl halides is 6. The molecule has 4 rings (SSSR count). The van der Waals surface area contributed by atoms with Gasteiger partial charge in [0, 0.05) is 38.3 Å². The van der Waals surface area contributed by atoms with Crippen LogP contribution in [0.5, 0.6) is 0 Å². The van der Waals surface area contributed by atoms with Gasteiger partial charge in [-0.15, -0.1) is 17.5 Å². The molecule has 0 amide bonds. The van der Waals surface area contributed by atoms with E-state index >= 15 is 0 Å². The van der Waals surface area contributed by atoms with Gasteiger partial charge in [-0.05, 0) is 96.2 Å². The fourth-order valence-corrected chi connectivity index (χ4v) is 5.90. The molecule has 0 radical (unpaired) electrons. The maximum Gasteiger partial charge on any atom is 0.416 e. The largest absolute Gasteiger partial charge is 0.481 e. The molecule has 1 aromatic heterocycles. The van der Waals surface area contributed by atoms with E-state index in [1.165, 1.54) is 22.3 Å². The predicted molar refractivity (Wildman–Crippen MR) is 164 cm³/mol. The normalized spacial score (nSPS) is 13.3. The third-order valence-corrected chi connectivity index (χ3v) is 8.04. The van der Waals surface area contributed by atoms with Gasteiger partial charge in [-0.25, -0.2) is 0 Å². The Morgan fingerprint density at radius 2 is 1.54 bits per heavy atom. The first-order chi connectivity index (χ1) is 20.9. The van der Waals surface area contributed by atoms with E-state index in [0.717, 1.165) is 48.2 Å². The monoisotopic (exact) mass is 676 g/mol. The molecule has 1 aliphatic carbocycles. The molecule has 254 valence electrons. The van der Waals surface area contributed by atoms with Gasteiger partial charge in [0.1, 0.15) is 0 Å². The summed E-state index contributed by atoms with van der Waals surface area (Å²) in [5.74, 6) is -0.785. The average Bonchev–Trinajstić information content (AvgIpc) is 3.58. The van der Waals surface area contributed by atoms with Crippen molar-refractivity contribution in [2.24, 2.45) is 12.5 Å². The van der Waals surface area contributed by atoms with E-state index in [-0.39, 0.29) is 54.9 Å². The summed E-state index contributed by atoms with van der Waals surface area (Å²) in [4.78, 5) is 16.0. The van der Waals surface area contributed by atoms with E-state index in [2.05, 4.69) is 46.3 Å². The number of nitrogens with zero attached hydrogens (tertiary/aromatic N) is 6. The number of aliphatic carboxylic acids is 1. The lowest BCUT2D eigenvalue weighted by atomic mass is 9.86. The van der Waals surface area contributed by atoms with Crippen LogP contribution in [0.15, 0.2) is 30.3 Å². The lowest BCUT2D eigenvalue weighted by Crippen LogP contribution is -2.36. The van der Waals surface area contributed by atoms with Crippen molar-refractivity contribution < 1.29 is 36.2 Å². The van der Waals surface area contributed by atoms with Crippen LogP contribution < -0.4 is 9.80 Å². The number of aryl methyl sites for hydroxylation is 3. The number of fused-ring (bicyclic) bond motifs is 1. The van der Waals surface area contributed by atoms with Gasteiger partial charge in [-0.1, -0.05) is 25.0 Å². The number of carboxylic acids is 1. The zero-order chi connectivity index (χ0) is 33.2. The third kappa shape index (κ3) is 9.49. The number of carbonyl (C=O) groups is 1. The van der Waals surface area contributed by atoms with Crippen LogP contribution in [0.2, 0.25) is 0 Å². The smallest absolute Gasteiger partial charge is 0.416 e. The van der Waals surface area contributed by atoms with Crippen molar-refractivity contribution in [1.82, 2.24) is 20.2 Å². The van der Waals surface area contributed by atoms with Crippen molar-refractivity contribution in [3.05, 3.63) is 63.7 Å². The molecule has 1 N–H and O–H groups in total. The zero-order valence-corrected chi connectivity index (χ0v) is 27.0. The first-order valence-electron chi connectivity index (χ1n) is 14.8. The van der Waals surface area contributed by atoms with Crippen molar-refractivity contribution in [3.8, 4) is 0 Å². The van der Waals surface area contributed by atoms with E-state index in [1.54, 1.807) is 0 Å². The average molecular weight is 677 g/mol. The minimum absolute atomic E-state index is 0. The van der Waals surface area contributed by atoms with Gasteiger partial charge in [0.2, 0.25) is 0 Å². The molecule has 0 atom stereocenters. The van der Waals surface area contributed by atoms with Gasteiger partial charge >= 0.3 is 18.3 Å². The van der Waals surface area contributed by atoms with Crippen LogP contribution in [0.3, 0.4) is 0 Å². The second-order valence-corrected chi connectivity index (χ2v) is 12.4. The number of tetrazole rings is 1. The van der Waals surface area contributed by atoms with Crippen molar-refractivity contribution >= 4 is 30.0 Å². The second-order valence-electron chi connectivity index (χ2n) is 12.4. The van der Waals surface area contributed by atoms with Crippen LogP contribution in [0.4, 0.5) is 38.0 Å². The van der Waals surface area contributed by atoms with Crippen LogP contribution in [0.1, 0.15) is 79.8 Å². The van der Waals surface area contributed by atoms with E-state index < -0.39 is 29.4 Å². The molecule has 1 heterocycles. The van der Waals surface area contributed by atoms with Gasteiger partial charge in [-0.2, -0.15) is 31.1 Å². The fourth-order valence-electron chi connectivity index (χ4n) is 5.90. The van der Waals surface area contributed by atoms with Gasteiger partial charge in [0.15, 0.2) is 0 Å². The first-order valence-corrected chi connectivity index (χ1v) is 14.8. The van der Waals surface area contributed by atoms with E-state index in [4.69, 9.17) is 5.11 Å². The van der Waals surface area contributed by atoms with Crippen LogP contribution in [-0.4, -0.2) is 44.4 Å². The van der Waals surface area contributed by atoms with Crippen LogP contribution in [0.25, 0.3) is 0 Å². The molecule has 0 saturated heterocycles. The molecule has 8 nitrogen and oxygen atoms in total. The van der Waals surface area contributed by atoms with Crippen LogP contribution in [-0.2, 0) is 50.1 Å². The number of aromatic nitrogens is 4. The summed E-state index contributed by atoms with van der Waals surface area (Å²) in [6.45, 7) is 7.16. The summed E-state index contributed by atoms with van der Waals surface area (Å²) in [5, 5.41) is 21.2. The van der Waals surface area contributed by atoms with E-state index in [9.17, 15) is 31.1 Å². The van der Waals surface area contributed by atoms with Gasteiger partial charge < -0.3 is 14.9 Å². The molecule has 0 spiro atoms. The Labute approximate surface area is 270 Å². The topological polar surface area (TPSA) is 87.4 Å². The molecule has 15 heteroatoms. The highest BCUT2D eigenvalue weighted by Crippen LogP contribution is 2.38. The Morgan fingerprint density at radius 1 is 0.935 bits per heavy atom. The van der Waals surface area contributed by atoms with Gasteiger partial charge in [0.05, 0.1) is 18.2 Å². The Balaban J connectivity index is 0.00000576. The van der Waals surface area contributed by atoms with Crippen molar-refractivity contribution in [3.63, 3.8) is 0 Å². The molecular weight excluding hydrogens is 638 g/mol. The quantitative estimate of drug-likeness (QED) is 0.188. The van der Waals surface area contributed by atoms with E-state index in [1.807, 2.05) is 6.92 Å². The van der Waals surface area contributed by atoms with Crippen LogP contribution >= 0.6 is 12.4 Å². The van der Waals surface area contributed by atoms with E-state index in [0.29, 0.717) is 25.9 Å². The Morgan fingerprint density at radius 3 is 2.07 bits per heavy atom. The minimum Gasteiger partial charge on any atom is -0.481 e. The summed E-state index contributed by atoms with van der Waals surface area (Å²) in [7, 11) is 1.52. The number of carboxylic acid groups (broad SMARTS) is 1. The summed E-state index contributed by atoms with van der Waals surface area (Å²) in [6.07, 6.45) is -5.92. The van der Waals surface area contributed by atoms with Crippen molar-refractivity contribution in [1.29, 1.82) is 0 Å². The Hall–Kier alpha value is -3.55. The highest BCUT2D eigenvalue weighted by Gasteiger charge is 2.37. The minimum atomic E-state index is -4.97. The molecule has 0 bridgehead atoms. The summed E-state index contributed by atoms with van der Waals surface area (Å²) in [6, 6.07) is 5.75. The summed E-state index contributed by atoms with van der Waals surface area (Å²) < 4.78 is 81.9. The summed E-state index contributed by atoms with van der Waals surface area (Å²) in [5.41, 5.74) is 0.871. The lowest BCUT2D eigenvalue weighted by molar-refractivity contribution is -0.143. The molecule has 1 aliphatic rings. The standard InChI is InChI=1S/C31H38F6N6O2.ClH/c1-5-42(19-29(2,3)11-7-10-27(44)45)26-15-22-9-6-8-21(22)14-23(26)18-43(28-38-40-41(4)39-28)17-20-12-24(30(32,33)34)16-25(13-20)31(35,36)37;/h12-16H,5-11,17-19H2,1-4H3,(H,44,45);1H. The zero-order valence-electron chi connectivity index (χ0n) is 26.2. The number of benzene rings is 2. The number of rotatable bonds is 13. The molecule has 46 heavy (non-hydrogen) atoms. The lowest BCUT2D eigenvalue weighted by Gasteiger charge is -2.36. The number of hydrogen-bond donors (Lipinski definition) is 1. The molecule has 3 aromatic rings. The number of hydrogen-bond acceptors (Lipinski definition) is 6. The maximum atomic E-state index is 13.7. The SMILES string of the molecule is CCN(CC(C)(C)CCCC(=O)O)c1cc2c(cc1CN(Cc1cc(C(F)(F)F)cc(C(F)(F)F)c1)c1nnn(C)n1)CCC2.Cl. The summed E-state index contributed by atoms with van der Waals surface area (Å²) >= 11 is 0. The number of anilines is 2. The molecule has 0 saturated carbocycles. The van der Waals surface area contributed by atoms with Crippen LogP contribution in [0, 0.1) is 5.41 Å². The third-order valence-electron chi connectivity index (χ3n) is 8.04.